The number of halogens is 3. The van der Waals surface area contributed by atoms with Crippen molar-refractivity contribution in [2.24, 2.45) is 5.92 Å². The molecule has 1 N–H and O–H groups in total. The summed E-state index contributed by atoms with van der Waals surface area (Å²) in [5.41, 5.74) is -0.375. The van der Waals surface area contributed by atoms with Crippen LogP contribution in [0.3, 0.4) is 0 Å². The van der Waals surface area contributed by atoms with Crippen LogP contribution >= 0.6 is 0 Å². The monoisotopic (exact) mass is 258 g/mol. The maximum Gasteiger partial charge on any atom is 0.416 e. The zero-order chi connectivity index (χ0) is 13.2. The first-order valence-corrected chi connectivity index (χ1v) is 6.36. The van der Waals surface area contributed by atoms with Gasteiger partial charge in [-0.15, -0.1) is 0 Å². The first-order chi connectivity index (χ1) is 8.47. The van der Waals surface area contributed by atoms with Gasteiger partial charge < -0.3 is 5.11 Å². The molecule has 1 aromatic rings. The molecule has 100 valence electrons. The van der Waals surface area contributed by atoms with E-state index in [-0.39, 0.29) is 11.3 Å². The van der Waals surface area contributed by atoms with Crippen molar-refractivity contribution in [3.8, 4) is 5.75 Å². The minimum atomic E-state index is -4.34. The van der Waals surface area contributed by atoms with Crippen molar-refractivity contribution >= 4 is 0 Å². The average molecular weight is 258 g/mol. The molecule has 4 heteroatoms. The Kier molecular flexibility index (Phi) is 3.83. The summed E-state index contributed by atoms with van der Waals surface area (Å²) in [6.45, 7) is 0. The largest absolute Gasteiger partial charge is 0.508 e. The fourth-order valence-electron chi connectivity index (χ4n) is 2.73. The highest BCUT2D eigenvalue weighted by atomic mass is 19.4. The van der Waals surface area contributed by atoms with Crippen LogP contribution in [0.5, 0.6) is 5.75 Å². The van der Waals surface area contributed by atoms with Crippen molar-refractivity contribution in [1.82, 2.24) is 0 Å². The highest BCUT2D eigenvalue weighted by molar-refractivity contribution is 5.37. The van der Waals surface area contributed by atoms with E-state index in [1.807, 2.05) is 0 Å². The summed E-state index contributed by atoms with van der Waals surface area (Å²) in [4.78, 5) is 0. The summed E-state index contributed by atoms with van der Waals surface area (Å²) >= 11 is 0. The van der Waals surface area contributed by atoms with E-state index in [1.54, 1.807) is 0 Å². The van der Waals surface area contributed by atoms with Crippen molar-refractivity contribution < 1.29 is 18.3 Å². The molecule has 2 rings (SSSR count). The molecule has 0 atom stereocenters. The van der Waals surface area contributed by atoms with E-state index in [9.17, 15) is 18.3 Å². The molecule has 1 aliphatic rings. The molecule has 0 aromatic heterocycles. The summed E-state index contributed by atoms with van der Waals surface area (Å²) in [7, 11) is 0. The molecule has 0 bridgehead atoms. The zero-order valence-electron chi connectivity index (χ0n) is 10.1. The van der Waals surface area contributed by atoms with Crippen molar-refractivity contribution in [3.05, 3.63) is 29.3 Å². The fourth-order valence-corrected chi connectivity index (χ4v) is 2.73. The fraction of sp³-hybridized carbons (Fsp3) is 0.571. The van der Waals surface area contributed by atoms with Crippen molar-refractivity contribution in [2.45, 2.75) is 44.7 Å². The Bertz CT molecular complexity index is 406. The molecule has 0 saturated heterocycles. The number of phenolic OH excluding ortho intramolecular Hbond substituents is 1. The number of benzene rings is 1. The number of hydrogen-bond acceptors (Lipinski definition) is 1. The van der Waals surface area contributed by atoms with Gasteiger partial charge in [0.05, 0.1) is 5.56 Å². The molecule has 18 heavy (non-hydrogen) atoms. The van der Waals surface area contributed by atoms with Crippen LogP contribution < -0.4 is 0 Å². The first-order valence-electron chi connectivity index (χ1n) is 6.36. The normalized spacial score (nSPS) is 17.9. The number of phenols is 1. The smallest absolute Gasteiger partial charge is 0.416 e. The molecule has 0 unspecified atom stereocenters. The van der Waals surface area contributed by atoms with Crippen molar-refractivity contribution in [2.75, 3.05) is 0 Å². The lowest BCUT2D eigenvalue weighted by atomic mass is 9.83. The predicted molar refractivity (Wildman–Crippen MR) is 63.4 cm³/mol. The summed E-state index contributed by atoms with van der Waals surface area (Å²) in [6, 6.07) is 3.35. The number of hydrogen-bond donors (Lipinski definition) is 1. The molecular weight excluding hydrogens is 241 g/mol. The van der Waals surface area contributed by atoms with Crippen LogP contribution in [0.1, 0.15) is 43.2 Å². The Labute approximate surface area is 105 Å². The van der Waals surface area contributed by atoms with Crippen molar-refractivity contribution in [1.29, 1.82) is 0 Å². The van der Waals surface area contributed by atoms with E-state index in [0.29, 0.717) is 12.3 Å². The Morgan fingerprint density at radius 1 is 1.11 bits per heavy atom. The van der Waals surface area contributed by atoms with Gasteiger partial charge in [0, 0.05) is 0 Å². The van der Waals surface area contributed by atoms with Crippen LogP contribution in [0.2, 0.25) is 0 Å². The van der Waals surface area contributed by atoms with E-state index >= 15 is 0 Å². The highest BCUT2D eigenvalue weighted by Crippen LogP contribution is 2.36. The van der Waals surface area contributed by atoms with Gasteiger partial charge in [-0.1, -0.05) is 32.1 Å². The Morgan fingerprint density at radius 3 is 2.39 bits per heavy atom. The second-order valence-electron chi connectivity index (χ2n) is 5.05. The second-order valence-corrected chi connectivity index (χ2v) is 5.05. The highest BCUT2D eigenvalue weighted by Gasteiger charge is 2.33. The molecule has 0 heterocycles. The quantitative estimate of drug-likeness (QED) is 0.826. The van der Waals surface area contributed by atoms with Crippen LogP contribution in [0, 0.1) is 5.92 Å². The molecule has 1 saturated carbocycles. The summed E-state index contributed by atoms with van der Waals surface area (Å²) in [5, 5.41) is 9.37. The molecule has 0 amide bonds. The van der Waals surface area contributed by atoms with E-state index in [2.05, 4.69) is 0 Å². The molecule has 0 spiro atoms. The van der Waals surface area contributed by atoms with Crippen molar-refractivity contribution in [3.63, 3.8) is 0 Å². The maximum absolute atomic E-state index is 12.9. The third kappa shape index (κ3) is 3.18. The standard InChI is InChI=1S/C14H17F3O/c15-14(16,17)13-7-6-12(18)9-11(13)8-10-4-2-1-3-5-10/h6-7,9-10,18H,1-5,8H2. The zero-order valence-corrected chi connectivity index (χ0v) is 10.1. The summed E-state index contributed by atoms with van der Waals surface area (Å²) in [6.07, 6.45) is 1.46. The van der Waals surface area contributed by atoms with Gasteiger partial charge in [-0.3, -0.25) is 0 Å². The third-order valence-corrected chi connectivity index (χ3v) is 3.63. The van der Waals surface area contributed by atoms with Gasteiger partial charge in [0.1, 0.15) is 5.75 Å². The van der Waals surface area contributed by atoms with E-state index in [4.69, 9.17) is 0 Å². The lowest BCUT2D eigenvalue weighted by Gasteiger charge is -2.23. The topological polar surface area (TPSA) is 20.2 Å². The summed E-state index contributed by atoms with van der Waals surface area (Å²) < 4.78 is 38.6. The van der Waals surface area contributed by atoms with E-state index < -0.39 is 11.7 Å². The second kappa shape index (κ2) is 5.21. The first kappa shape index (κ1) is 13.2. The van der Waals surface area contributed by atoms with Crippen LogP contribution in [0.4, 0.5) is 13.2 Å². The van der Waals surface area contributed by atoms with Gasteiger partial charge in [-0.05, 0) is 36.1 Å². The Balaban J connectivity index is 2.21. The number of alkyl halides is 3. The van der Waals surface area contributed by atoms with Crippen LogP contribution in [-0.2, 0) is 12.6 Å². The van der Waals surface area contributed by atoms with Crippen LogP contribution in [-0.4, -0.2) is 5.11 Å². The molecule has 1 fully saturated rings. The number of aromatic hydroxyl groups is 1. The molecule has 1 aromatic carbocycles. The van der Waals surface area contributed by atoms with E-state index in [1.165, 1.54) is 12.5 Å². The molecule has 1 nitrogen and oxygen atoms in total. The van der Waals surface area contributed by atoms with Gasteiger partial charge in [-0.25, -0.2) is 0 Å². The van der Waals surface area contributed by atoms with Gasteiger partial charge >= 0.3 is 6.18 Å². The maximum atomic E-state index is 12.9. The van der Waals surface area contributed by atoms with Gasteiger partial charge in [0.15, 0.2) is 0 Å². The van der Waals surface area contributed by atoms with E-state index in [0.717, 1.165) is 37.8 Å². The minimum Gasteiger partial charge on any atom is -0.508 e. The molecule has 1 aliphatic carbocycles. The SMILES string of the molecule is Oc1ccc(C(F)(F)F)c(CC2CCCCC2)c1. The van der Waals surface area contributed by atoms with Crippen LogP contribution in [0.25, 0.3) is 0 Å². The molecule has 0 aliphatic heterocycles. The average Bonchev–Trinajstić information content (AvgIpc) is 2.28. The lowest BCUT2D eigenvalue weighted by Crippen LogP contribution is -2.14. The van der Waals surface area contributed by atoms with Crippen LogP contribution in [0.15, 0.2) is 18.2 Å². The Hall–Kier alpha value is -1.19. The van der Waals surface area contributed by atoms with Gasteiger partial charge in [0.2, 0.25) is 0 Å². The molecule has 0 radical (unpaired) electrons. The minimum absolute atomic E-state index is 0.0891. The predicted octanol–water partition coefficient (Wildman–Crippen LogP) is 4.53. The van der Waals surface area contributed by atoms with Gasteiger partial charge in [-0.2, -0.15) is 13.2 Å². The van der Waals surface area contributed by atoms with Gasteiger partial charge in [0.25, 0.3) is 0 Å². The third-order valence-electron chi connectivity index (χ3n) is 3.63. The lowest BCUT2D eigenvalue weighted by molar-refractivity contribution is -0.138. The summed E-state index contributed by atoms with van der Waals surface area (Å²) in [5.74, 6) is 0.232. The number of rotatable bonds is 2. The molecular formula is C14H17F3O. The Morgan fingerprint density at radius 2 is 1.78 bits per heavy atom.